The largest absolute Gasteiger partial charge is 0.497 e. The molecule has 2 aromatic carbocycles. The van der Waals surface area contributed by atoms with Crippen LogP contribution >= 0.6 is 11.3 Å². The number of hydrogen-bond acceptors (Lipinski definition) is 6. The van der Waals surface area contributed by atoms with Gasteiger partial charge in [0.15, 0.2) is 0 Å². The zero-order chi connectivity index (χ0) is 27.8. The maximum Gasteiger partial charge on any atom is 0.322 e. The monoisotopic (exact) mass is 555 g/mol. The SMILES string of the molecule is COc1cc(NC(=O)N(CC(=O)N(Cc2ccc(F)cc2)Cc2sccc2C)C[C@@H]2CCCO2)cc(OC)c1. The minimum absolute atomic E-state index is 0.140. The van der Waals surface area contributed by atoms with Crippen molar-refractivity contribution in [3.05, 3.63) is 75.7 Å². The molecule has 39 heavy (non-hydrogen) atoms. The first-order valence-electron chi connectivity index (χ1n) is 12.8. The molecule has 3 amide bonds. The Morgan fingerprint density at radius 1 is 1.05 bits per heavy atom. The van der Waals surface area contributed by atoms with E-state index in [-0.39, 0.29) is 30.9 Å². The number of amides is 3. The van der Waals surface area contributed by atoms with Crippen molar-refractivity contribution in [3.63, 3.8) is 0 Å². The average molecular weight is 556 g/mol. The third-order valence-electron chi connectivity index (χ3n) is 6.61. The van der Waals surface area contributed by atoms with Crippen molar-refractivity contribution in [1.29, 1.82) is 0 Å². The van der Waals surface area contributed by atoms with Crippen molar-refractivity contribution in [2.24, 2.45) is 0 Å². The van der Waals surface area contributed by atoms with Crippen LogP contribution in [0.4, 0.5) is 14.9 Å². The molecule has 0 saturated carbocycles. The van der Waals surface area contributed by atoms with E-state index in [9.17, 15) is 14.0 Å². The molecule has 2 heterocycles. The first-order valence-corrected chi connectivity index (χ1v) is 13.7. The number of benzene rings is 2. The van der Waals surface area contributed by atoms with Gasteiger partial charge in [-0.2, -0.15) is 0 Å². The van der Waals surface area contributed by atoms with Gasteiger partial charge in [0.1, 0.15) is 23.9 Å². The number of rotatable bonds is 11. The molecule has 8 nitrogen and oxygen atoms in total. The molecule has 0 aliphatic carbocycles. The van der Waals surface area contributed by atoms with Gasteiger partial charge in [-0.3, -0.25) is 4.79 Å². The van der Waals surface area contributed by atoms with Crippen LogP contribution in [0.3, 0.4) is 0 Å². The number of halogens is 1. The number of carbonyl (C=O) groups excluding carboxylic acids is 2. The summed E-state index contributed by atoms with van der Waals surface area (Å²) in [6.45, 7) is 3.46. The minimum atomic E-state index is -0.428. The van der Waals surface area contributed by atoms with Crippen LogP contribution in [0.25, 0.3) is 0 Å². The summed E-state index contributed by atoms with van der Waals surface area (Å²) in [7, 11) is 3.07. The predicted molar refractivity (Wildman–Crippen MR) is 149 cm³/mol. The third kappa shape index (κ3) is 7.93. The predicted octanol–water partition coefficient (Wildman–Crippen LogP) is 5.45. The van der Waals surface area contributed by atoms with Gasteiger partial charge in [-0.1, -0.05) is 12.1 Å². The van der Waals surface area contributed by atoms with Crippen molar-refractivity contribution in [2.45, 2.75) is 39.0 Å². The number of nitrogens with zero attached hydrogens (tertiary/aromatic N) is 2. The smallest absolute Gasteiger partial charge is 0.322 e. The zero-order valence-electron chi connectivity index (χ0n) is 22.4. The van der Waals surface area contributed by atoms with Gasteiger partial charge in [0.05, 0.1) is 26.9 Å². The molecule has 1 N–H and O–H groups in total. The van der Waals surface area contributed by atoms with Gasteiger partial charge < -0.3 is 29.3 Å². The van der Waals surface area contributed by atoms with Crippen LogP contribution in [0.15, 0.2) is 53.9 Å². The first kappa shape index (κ1) is 28.4. The van der Waals surface area contributed by atoms with Crippen molar-refractivity contribution in [1.82, 2.24) is 9.80 Å². The second-order valence-electron chi connectivity index (χ2n) is 9.45. The van der Waals surface area contributed by atoms with Crippen LogP contribution in [-0.4, -0.2) is 61.8 Å². The number of carbonyl (C=O) groups is 2. The Morgan fingerprint density at radius 2 is 1.77 bits per heavy atom. The minimum Gasteiger partial charge on any atom is -0.497 e. The molecule has 3 aromatic rings. The van der Waals surface area contributed by atoms with E-state index >= 15 is 0 Å². The van der Waals surface area contributed by atoms with Crippen LogP contribution in [-0.2, 0) is 22.6 Å². The topological polar surface area (TPSA) is 80.3 Å². The third-order valence-corrected chi connectivity index (χ3v) is 7.61. The highest BCUT2D eigenvalue weighted by Gasteiger charge is 2.27. The van der Waals surface area contributed by atoms with Gasteiger partial charge in [0.25, 0.3) is 0 Å². The molecule has 1 fully saturated rings. The Hall–Kier alpha value is -3.63. The number of hydrogen-bond donors (Lipinski definition) is 1. The highest BCUT2D eigenvalue weighted by Crippen LogP contribution is 2.26. The summed E-state index contributed by atoms with van der Waals surface area (Å²) in [6, 6.07) is 12.8. The molecule has 1 atom stereocenters. The van der Waals surface area contributed by atoms with Crippen molar-refractivity contribution >= 4 is 29.0 Å². The van der Waals surface area contributed by atoms with Gasteiger partial charge in [-0.05, 0) is 54.5 Å². The normalized spacial score (nSPS) is 14.6. The maximum atomic E-state index is 13.7. The Kier molecular flexibility index (Phi) is 9.78. The molecule has 0 unspecified atom stereocenters. The van der Waals surface area contributed by atoms with Gasteiger partial charge in [0, 0.05) is 48.5 Å². The summed E-state index contributed by atoms with van der Waals surface area (Å²) in [5, 5.41) is 4.87. The fraction of sp³-hybridized carbons (Fsp3) is 0.379. The lowest BCUT2D eigenvalue weighted by Crippen LogP contribution is -2.46. The van der Waals surface area contributed by atoms with E-state index in [0.29, 0.717) is 36.9 Å². The molecule has 1 aromatic heterocycles. The number of thiophene rings is 1. The molecular formula is C29H34FN3O5S. The molecule has 0 spiro atoms. The summed E-state index contributed by atoms with van der Waals surface area (Å²) in [4.78, 5) is 31.5. The standard InChI is InChI=1S/C29H34FN3O5S/c1-20-10-12-39-27(20)18-32(16-21-6-8-22(30)9-7-21)28(34)19-33(17-24-5-4-11-38-24)29(35)31-23-13-25(36-2)15-26(14-23)37-3/h6-10,12-15,24H,4-5,11,16-19H2,1-3H3,(H,31,35)/t24-/m0/s1. The van der Waals surface area contributed by atoms with Crippen LogP contribution in [0.1, 0.15) is 28.8 Å². The van der Waals surface area contributed by atoms with Gasteiger partial charge in [-0.25, -0.2) is 9.18 Å². The van der Waals surface area contributed by atoms with Gasteiger partial charge >= 0.3 is 6.03 Å². The lowest BCUT2D eigenvalue weighted by Gasteiger charge is -2.29. The Labute approximate surface area is 232 Å². The lowest BCUT2D eigenvalue weighted by molar-refractivity contribution is -0.133. The number of ether oxygens (including phenoxy) is 3. The van der Waals surface area contributed by atoms with Crippen molar-refractivity contribution in [2.75, 3.05) is 39.2 Å². The fourth-order valence-corrected chi connectivity index (χ4v) is 5.30. The average Bonchev–Trinajstić information content (AvgIpc) is 3.60. The number of methoxy groups -OCH3 is 2. The quantitative estimate of drug-likeness (QED) is 0.340. The first-order chi connectivity index (χ1) is 18.8. The molecule has 0 radical (unpaired) electrons. The zero-order valence-corrected chi connectivity index (χ0v) is 23.3. The second kappa shape index (κ2) is 13.4. The van der Waals surface area contributed by atoms with E-state index in [2.05, 4.69) is 5.32 Å². The van der Waals surface area contributed by atoms with Crippen LogP contribution in [0.5, 0.6) is 11.5 Å². The Morgan fingerprint density at radius 3 is 2.36 bits per heavy atom. The summed E-state index contributed by atoms with van der Waals surface area (Å²) < 4.78 is 29.9. The Bertz CT molecular complexity index is 1240. The number of aryl methyl sites for hydroxylation is 1. The summed E-state index contributed by atoms with van der Waals surface area (Å²) >= 11 is 1.58. The molecule has 208 valence electrons. The molecular weight excluding hydrogens is 521 g/mol. The van der Waals surface area contributed by atoms with Gasteiger partial charge in [0.2, 0.25) is 5.91 Å². The second-order valence-corrected chi connectivity index (χ2v) is 10.5. The van der Waals surface area contributed by atoms with E-state index in [4.69, 9.17) is 14.2 Å². The summed E-state index contributed by atoms with van der Waals surface area (Å²) in [5.41, 5.74) is 2.38. The molecule has 0 bridgehead atoms. The Balaban J connectivity index is 1.55. The number of anilines is 1. The highest BCUT2D eigenvalue weighted by molar-refractivity contribution is 7.10. The van der Waals surface area contributed by atoms with E-state index in [1.54, 1.807) is 46.6 Å². The van der Waals surface area contributed by atoms with Crippen molar-refractivity contribution in [3.8, 4) is 11.5 Å². The molecule has 1 aliphatic heterocycles. The fourth-order valence-electron chi connectivity index (χ4n) is 4.38. The number of nitrogens with one attached hydrogen (secondary N) is 1. The molecule has 1 aliphatic rings. The van der Waals surface area contributed by atoms with E-state index in [0.717, 1.165) is 28.8 Å². The summed E-state index contributed by atoms with van der Waals surface area (Å²) in [5.74, 6) is 0.509. The van der Waals surface area contributed by atoms with Crippen LogP contribution in [0.2, 0.25) is 0 Å². The van der Waals surface area contributed by atoms with Gasteiger partial charge in [-0.15, -0.1) is 11.3 Å². The van der Waals surface area contributed by atoms with Crippen molar-refractivity contribution < 1.29 is 28.2 Å². The van der Waals surface area contributed by atoms with E-state index in [1.807, 2.05) is 18.4 Å². The number of urea groups is 1. The molecule has 4 rings (SSSR count). The molecule has 1 saturated heterocycles. The van der Waals surface area contributed by atoms with E-state index < -0.39 is 6.03 Å². The highest BCUT2D eigenvalue weighted by atomic mass is 32.1. The van der Waals surface area contributed by atoms with Crippen LogP contribution < -0.4 is 14.8 Å². The summed E-state index contributed by atoms with van der Waals surface area (Å²) in [6.07, 6.45) is 1.59. The lowest BCUT2D eigenvalue weighted by atomic mass is 10.2. The maximum absolute atomic E-state index is 13.7. The molecule has 10 heteroatoms. The van der Waals surface area contributed by atoms with Crippen LogP contribution in [0, 0.1) is 12.7 Å². The van der Waals surface area contributed by atoms with E-state index in [1.165, 1.54) is 31.3 Å².